The molecule has 0 aromatic heterocycles. The van der Waals surface area contributed by atoms with Crippen LogP contribution in [0.5, 0.6) is 0 Å². The molecule has 6 atom stereocenters. The summed E-state index contributed by atoms with van der Waals surface area (Å²) in [6.07, 6.45) is -7.45. The third-order valence-electron chi connectivity index (χ3n) is 4.71. The minimum Gasteiger partial charge on any atom is -0.467 e. The van der Waals surface area contributed by atoms with Crippen molar-refractivity contribution in [3.05, 3.63) is 35.9 Å². The second-order valence-electron chi connectivity index (χ2n) is 7.61. The Morgan fingerprint density at radius 3 is 2.00 bits per heavy atom. The maximum Gasteiger partial charge on any atom is 0.339 e. The summed E-state index contributed by atoms with van der Waals surface area (Å²) in [6, 6.07) is 9.50. The van der Waals surface area contributed by atoms with E-state index >= 15 is 0 Å². The zero-order chi connectivity index (χ0) is 25.3. The van der Waals surface area contributed by atoms with Crippen LogP contribution in [0.15, 0.2) is 30.3 Å². The first-order valence-corrected chi connectivity index (χ1v) is 10.6. The Labute approximate surface area is 197 Å². The summed E-state index contributed by atoms with van der Waals surface area (Å²) in [6.45, 7) is 5.44. The van der Waals surface area contributed by atoms with Crippen molar-refractivity contribution in [1.82, 2.24) is 0 Å². The molecular weight excluding hydrogens is 452 g/mol. The van der Waals surface area contributed by atoms with Gasteiger partial charge in [0.25, 0.3) is 0 Å². The van der Waals surface area contributed by atoms with Gasteiger partial charge in [0.2, 0.25) is 0 Å². The maximum atomic E-state index is 12.4. The van der Waals surface area contributed by atoms with Gasteiger partial charge in [-0.05, 0) is 12.5 Å². The van der Waals surface area contributed by atoms with Crippen LogP contribution in [-0.2, 0) is 58.9 Å². The fourth-order valence-corrected chi connectivity index (χ4v) is 3.31. The number of ether oxygens (including phenoxy) is 7. The normalized spacial score (nSPS) is 25.0. The summed E-state index contributed by atoms with van der Waals surface area (Å²) in [4.78, 5) is 47.7. The van der Waals surface area contributed by atoms with Crippen LogP contribution in [0.3, 0.4) is 0 Å². The molecule has 1 saturated heterocycles. The highest BCUT2D eigenvalue weighted by Gasteiger charge is 2.55. The van der Waals surface area contributed by atoms with Crippen molar-refractivity contribution < 1.29 is 52.3 Å². The predicted molar refractivity (Wildman–Crippen MR) is 114 cm³/mol. The molecule has 34 heavy (non-hydrogen) atoms. The molecule has 0 spiro atoms. The Bertz CT molecular complexity index is 841. The second-order valence-corrected chi connectivity index (χ2v) is 7.61. The van der Waals surface area contributed by atoms with Crippen molar-refractivity contribution >= 4 is 23.9 Å². The molecule has 188 valence electrons. The number of carbonyl (C=O) groups excluding carboxylic acids is 4. The van der Waals surface area contributed by atoms with Gasteiger partial charge in [-0.15, -0.1) is 0 Å². The summed E-state index contributed by atoms with van der Waals surface area (Å²) >= 11 is 0. The van der Waals surface area contributed by atoms with Gasteiger partial charge in [-0.3, -0.25) is 14.4 Å². The fourth-order valence-electron chi connectivity index (χ4n) is 3.31. The topological polar surface area (TPSA) is 133 Å². The van der Waals surface area contributed by atoms with Gasteiger partial charge in [0.1, 0.15) is 0 Å². The molecule has 2 unspecified atom stereocenters. The summed E-state index contributed by atoms with van der Waals surface area (Å²) in [7, 11) is 1.12. The first-order valence-electron chi connectivity index (χ1n) is 10.6. The van der Waals surface area contributed by atoms with E-state index in [2.05, 4.69) is 0 Å². The molecule has 1 fully saturated rings. The van der Waals surface area contributed by atoms with Crippen molar-refractivity contribution in [1.29, 1.82) is 0 Å². The standard InChI is InChI=1S/C23H30O11/c1-13(29-12-17-9-7-6-8-10-17)11-30-23-21(33-16(4)26)19(32-15(3)25)18(31-14(2)24)20(34-23)22(27)28-5/h6-10,13,18-21,23H,11-12H2,1-5H3/t13?,18-,19+,20?,21+,23-/m1/s1. The van der Waals surface area contributed by atoms with E-state index in [1.807, 2.05) is 30.3 Å². The van der Waals surface area contributed by atoms with Crippen molar-refractivity contribution in [2.45, 2.75) is 71.1 Å². The third kappa shape index (κ3) is 8.08. The van der Waals surface area contributed by atoms with E-state index in [0.29, 0.717) is 6.61 Å². The smallest absolute Gasteiger partial charge is 0.339 e. The van der Waals surface area contributed by atoms with Crippen LogP contribution >= 0.6 is 0 Å². The van der Waals surface area contributed by atoms with Crippen molar-refractivity contribution in [3.63, 3.8) is 0 Å². The van der Waals surface area contributed by atoms with Gasteiger partial charge >= 0.3 is 23.9 Å². The van der Waals surface area contributed by atoms with E-state index in [0.717, 1.165) is 33.4 Å². The van der Waals surface area contributed by atoms with Crippen molar-refractivity contribution in [2.75, 3.05) is 13.7 Å². The molecule has 2 rings (SSSR count). The number of methoxy groups -OCH3 is 1. The van der Waals surface area contributed by atoms with Crippen LogP contribution in [0.25, 0.3) is 0 Å². The van der Waals surface area contributed by atoms with Gasteiger partial charge in [-0.25, -0.2) is 4.79 Å². The van der Waals surface area contributed by atoms with E-state index in [4.69, 9.17) is 33.2 Å². The SMILES string of the molecule is COC(=O)C1O[C@@H](OCC(C)OCc2ccccc2)[C@@H](OC(C)=O)[C@@H](OC(C)=O)[C@H]1OC(C)=O. The van der Waals surface area contributed by atoms with Crippen LogP contribution in [0.2, 0.25) is 0 Å². The van der Waals surface area contributed by atoms with Crippen molar-refractivity contribution in [2.24, 2.45) is 0 Å². The highest BCUT2D eigenvalue weighted by atomic mass is 16.7. The third-order valence-corrected chi connectivity index (χ3v) is 4.71. The fraction of sp³-hybridized carbons (Fsp3) is 0.565. The molecule has 0 amide bonds. The lowest BCUT2D eigenvalue weighted by Crippen LogP contribution is -2.64. The van der Waals surface area contributed by atoms with Crippen LogP contribution in [0.4, 0.5) is 0 Å². The van der Waals surface area contributed by atoms with Gasteiger partial charge < -0.3 is 33.2 Å². The van der Waals surface area contributed by atoms with Gasteiger partial charge in [0, 0.05) is 20.8 Å². The second kappa shape index (κ2) is 13.0. The summed E-state index contributed by atoms with van der Waals surface area (Å²) in [5.74, 6) is -3.16. The molecule has 1 aliphatic heterocycles. The van der Waals surface area contributed by atoms with E-state index in [9.17, 15) is 19.2 Å². The van der Waals surface area contributed by atoms with Crippen LogP contribution < -0.4 is 0 Å². The Morgan fingerprint density at radius 1 is 0.882 bits per heavy atom. The number of hydrogen-bond donors (Lipinski definition) is 0. The lowest BCUT2D eigenvalue weighted by Gasteiger charge is -2.43. The molecule has 0 bridgehead atoms. The molecule has 1 heterocycles. The Balaban J connectivity index is 2.22. The number of benzene rings is 1. The summed E-state index contributed by atoms with van der Waals surface area (Å²) < 4.78 is 37.8. The molecule has 1 aromatic carbocycles. The Morgan fingerprint density at radius 2 is 1.44 bits per heavy atom. The highest BCUT2D eigenvalue weighted by molar-refractivity contribution is 5.77. The molecule has 0 N–H and O–H groups in total. The zero-order valence-electron chi connectivity index (χ0n) is 19.8. The van der Waals surface area contributed by atoms with Crippen molar-refractivity contribution in [3.8, 4) is 0 Å². The maximum absolute atomic E-state index is 12.4. The zero-order valence-corrected chi connectivity index (χ0v) is 19.8. The Hall–Kier alpha value is -3.02. The molecule has 0 aliphatic carbocycles. The van der Waals surface area contributed by atoms with Crippen LogP contribution in [0.1, 0.15) is 33.3 Å². The van der Waals surface area contributed by atoms with Crippen LogP contribution in [-0.4, -0.2) is 74.4 Å². The van der Waals surface area contributed by atoms with Gasteiger partial charge in [-0.2, -0.15) is 0 Å². The van der Waals surface area contributed by atoms with E-state index in [1.165, 1.54) is 0 Å². The molecule has 0 radical (unpaired) electrons. The van der Waals surface area contributed by atoms with Crippen LogP contribution in [0, 0.1) is 0 Å². The minimum absolute atomic E-state index is 0.0197. The predicted octanol–water partition coefficient (Wildman–Crippen LogP) is 1.30. The number of esters is 4. The average Bonchev–Trinajstić information content (AvgIpc) is 2.78. The van der Waals surface area contributed by atoms with Gasteiger partial charge in [-0.1, -0.05) is 30.3 Å². The average molecular weight is 482 g/mol. The van der Waals surface area contributed by atoms with Gasteiger partial charge in [0.05, 0.1) is 26.4 Å². The molecular formula is C23H30O11. The lowest BCUT2D eigenvalue weighted by atomic mass is 9.97. The molecule has 11 heteroatoms. The summed E-state index contributed by atoms with van der Waals surface area (Å²) in [5.41, 5.74) is 0.964. The van der Waals surface area contributed by atoms with Gasteiger partial charge in [0.15, 0.2) is 30.7 Å². The molecule has 0 saturated carbocycles. The highest BCUT2D eigenvalue weighted by Crippen LogP contribution is 2.30. The first kappa shape index (κ1) is 27.2. The minimum atomic E-state index is -1.50. The summed E-state index contributed by atoms with van der Waals surface area (Å²) in [5, 5.41) is 0. The lowest BCUT2D eigenvalue weighted by molar-refractivity contribution is -0.305. The quantitative estimate of drug-likeness (QED) is 0.353. The molecule has 1 aromatic rings. The largest absolute Gasteiger partial charge is 0.467 e. The number of carbonyl (C=O) groups is 4. The van der Waals surface area contributed by atoms with E-state index in [-0.39, 0.29) is 6.61 Å². The number of hydrogen-bond acceptors (Lipinski definition) is 11. The van der Waals surface area contributed by atoms with E-state index in [1.54, 1.807) is 6.92 Å². The molecule has 1 aliphatic rings. The monoisotopic (exact) mass is 482 g/mol. The van der Waals surface area contributed by atoms with E-state index < -0.39 is 60.7 Å². The first-order chi connectivity index (χ1) is 16.1. The Kier molecular flexibility index (Phi) is 10.4. The molecule has 11 nitrogen and oxygen atoms in total. The number of rotatable bonds is 10.